The van der Waals surface area contributed by atoms with Gasteiger partial charge in [0.1, 0.15) is 5.75 Å². The highest BCUT2D eigenvalue weighted by Gasteiger charge is 2.31. The molecule has 0 unspecified atom stereocenters. The molecule has 0 radical (unpaired) electrons. The van der Waals surface area contributed by atoms with Crippen LogP contribution < -0.4 is 4.74 Å². The van der Waals surface area contributed by atoms with Crippen LogP contribution in [0.2, 0.25) is 0 Å². The summed E-state index contributed by atoms with van der Waals surface area (Å²) in [5, 5.41) is 0. The number of ketones is 1. The third kappa shape index (κ3) is 5.02. The largest absolute Gasteiger partial charge is 0.573 e. The van der Waals surface area contributed by atoms with Gasteiger partial charge in [-0.15, -0.1) is 13.2 Å². The van der Waals surface area contributed by atoms with Gasteiger partial charge in [-0.2, -0.15) is 0 Å². The Morgan fingerprint density at radius 3 is 2.52 bits per heavy atom. The lowest BCUT2D eigenvalue weighted by molar-refractivity contribution is -0.274. The summed E-state index contributed by atoms with van der Waals surface area (Å²) in [6.45, 7) is 3.53. The predicted molar refractivity (Wildman–Crippen MR) is 71.4 cm³/mol. The first kappa shape index (κ1) is 15.8. The molecular formula is C14H17F3N2O2. The molecule has 7 heteroatoms. The SMILES string of the molecule is CN1CCN(CC(=O)c2cccc(OC(F)(F)F)c2)CC1. The number of carbonyl (C=O) groups is 1. The molecule has 1 aliphatic heterocycles. The van der Waals surface area contributed by atoms with Crippen LogP contribution in [-0.4, -0.2) is 61.7 Å². The van der Waals surface area contributed by atoms with Crippen LogP contribution in [0.5, 0.6) is 5.75 Å². The van der Waals surface area contributed by atoms with Crippen LogP contribution >= 0.6 is 0 Å². The molecule has 116 valence electrons. The standard InChI is InChI=1S/C14H17F3N2O2/c1-18-5-7-19(8-6-18)10-13(20)11-3-2-4-12(9-11)21-14(15,16)17/h2-4,9H,5-8,10H2,1H3. The Bertz CT molecular complexity index is 497. The number of halogens is 3. The zero-order chi connectivity index (χ0) is 15.5. The van der Waals surface area contributed by atoms with E-state index in [-0.39, 0.29) is 23.6 Å². The number of hydrogen-bond donors (Lipinski definition) is 0. The van der Waals surface area contributed by atoms with Crippen LogP contribution in [0.15, 0.2) is 24.3 Å². The van der Waals surface area contributed by atoms with E-state index in [0.29, 0.717) is 0 Å². The maximum Gasteiger partial charge on any atom is 0.573 e. The van der Waals surface area contributed by atoms with E-state index in [1.165, 1.54) is 18.2 Å². The van der Waals surface area contributed by atoms with Gasteiger partial charge in [0.2, 0.25) is 0 Å². The Labute approximate surface area is 121 Å². The summed E-state index contributed by atoms with van der Waals surface area (Å²) in [6, 6.07) is 5.20. The summed E-state index contributed by atoms with van der Waals surface area (Å²) in [6.07, 6.45) is -4.75. The van der Waals surface area contributed by atoms with Crippen molar-refractivity contribution in [3.05, 3.63) is 29.8 Å². The number of alkyl halides is 3. The van der Waals surface area contributed by atoms with Crippen LogP contribution in [0.1, 0.15) is 10.4 Å². The molecule has 0 saturated carbocycles. The Morgan fingerprint density at radius 1 is 1.24 bits per heavy atom. The Kier molecular flexibility index (Phi) is 4.84. The van der Waals surface area contributed by atoms with Crippen LogP contribution in [0.4, 0.5) is 13.2 Å². The summed E-state index contributed by atoms with van der Waals surface area (Å²) in [7, 11) is 2.01. The molecule has 0 N–H and O–H groups in total. The quantitative estimate of drug-likeness (QED) is 0.797. The van der Waals surface area contributed by atoms with Crippen LogP contribution in [0.3, 0.4) is 0 Å². The molecule has 0 aromatic heterocycles. The van der Waals surface area contributed by atoms with E-state index >= 15 is 0 Å². The number of rotatable bonds is 4. The van der Waals surface area contributed by atoms with E-state index in [1.54, 1.807) is 0 Å². The summed E-state index contributed by atoms with van der Waals surface area (Å²) in [5.74, 6) is -0.570. The number of piperazine rings is 1. The normalized spacial score (nSPS) is 17.7. The second-order valence-corrected chi connectivity index (χ2v) is 5.08. The van der Waals surface area contributed by atoms with Crippen molar-refractivity contribution in [1.29, 1.82) is 0 Å². The topological polar surface area (TPSA) is 32.8 Å². The highest BCUT2D eigenvalue weighted by molar-refractivity contribution is 5.97. The van der Waals surface area contributed by atoms with Crippen molar-refractivity contribution in [3.63, 3.8) is 0 Å². The van der Waals surface area contributed by atoms with Gasteiger partial charge in [0.05, 0.1) is 6.54 Å². The van der Waals surface area contributed by atoms with E-state index in [9.17, 15) is 18.0 Å². The third-order valence-corrected chi connectivity index (χ3v) is 3.35. The molecule has 0 aliphatic carbocycles. The lowest BCUT2D eigenvalue weighted by Gasteiger charge is -2.31. The van der Waals surface area contributed by atoms with Crippen molar-refractivity contribution in [2.75, 3.05) is 39.8 Å². The molecular weight excluding hydrogens is 285 g/mol. The first-order chi connectivity index (χ1) is 9.83. The van der Waals surface area contributed by atoms with Gasteiger partial charge in [0.25, 0.3) is 0 Å². The van der Waals surface area contributed by atoms with Gasteiger partial charge in [0, 0.05) is 31.7 Å². The fourth-order valence-corrected chi connectivity index (χ4v) is 2.17. The zero-order valence-electron chi connectivity index (χ0n) is 11.7. The van der Waals surface area contributed by atoms with Gasteiger partial charge >= 0.3 is 6.36 Å². The lowest BCUT2D eigenvalue weighted by Crippen LogP contribution is -2.46. The zero-order valence-corrected chi connectivity index (χ0v) is 11.7. The summed E-state index contributed by atoms with van der Waals surface area (Å²) in [4.78, 5) is 16.3. The number of hydrogen-bond acceptors (Lipinski definition) is 4. The second-order valence-electron chi connectivity index (χ2n) is 5.08. The minimum absolute atomic E-state index is 0.202. The van der Waals surface area contributed by atoms with Gasteiger partial charge < -0.3 is 9.64 Å². The first-order valence-corrected chi connectivity index (χ1v) is 6.63. The molecule has 1 aromatic rings. The smallest absolute Gasteiger partial charge is 0.406 e. The van der Waals surface area contributed by atoms with E-state index in [1.807, 2.05) is 11.9 Å². The van der Waals surface area contributed by atoms with Crippen molar-refractivity contribution in [2.24, 2.45) is 0 Å². The van der Waals surface area contributed by atoms with Crippen molar-refractivity contribution in [2.45, 2.75) is 6.36 Å². The number of likely N-dealkylation sites (N-methyl/N-ethyl adjacent to an activating group) is 1. The maximum atomic E-state index is 12.2. The number of ether oxygens (including phenoxy) is 1. The van der Waals surface area contributed by atoms with Crippen molar-refractivity contribution in [1.82, 2.24) is 9.80 Å². The lowest BCUT2D eigenvalue weighted by atomic mass is 10.1. The molecule has 4 nitrogen and oxygen atoms in total. The highest BCUT2D eigenvalue weighted by atomic mass is 19.4. The Hall–Kier alpha value is -1.60. The fraction of sp³-hybridized carbons (Fsp3) is 0.500. The number of carbonyl (C=O) groups excluding carboxylic acids is 1. The van der Waals surface area contributed by atoms with Crippen molar-refractivity contribution < 1.29 is 22.7 Å². The average molecular weight is 302 g/mol. The average Bonchev–Trinajstić information content (AvgIpc) is 2.40. The van der Waals surface area contributed by atoms with Gasteiger partial charge in [-0.3, -0.25) is 9.69 Å². The minimum atomic E-state index is -4.75. The molecule has 0 atom stereocenters. The molecule has 1 aliphatic rings. The summed E-state index contributed by atoms with van der Waals surface area (Å²) >= 11 is 0. The molecule has 0 spiro atoms. The van der Waals surface area contributed by atoms with Crippen LogP contribution in [0.25, 0.3) is 0 Å². The first-order valence-electron chi connectivity index (χ1n) is 6.63. The number of nitrogens with zero attached hydrogens (tertiary/aromatic N) is 2. The highest BCUT2D eigenvalue weighted by Crippen LogP contribution is 2.23. The molecule has 2 rings (SSSR count). The van der Waals surface area contributed by atoms with Crippen molar-refractivity contribution in [3.8, 4) is 5.75 Å². The molecule has 1 saturated heterocycles. The Balaban J connectivity index is 1.97. The van der Waals surface area contributed by atoms with Crippen LogP contribution in [-0.2, 0) is 0 Å². The molecule has 0 amide bonds. The monoisotopic (exact) mass is 302 g/mol. The number of Topliss-reactive ketones (excluding diaryl/α,β-unsaturated/α-hetero) is 1. The van der Waals surface area contributed by atoms with Gasteiger partial charge in [-0.25, -0.2) is 0 Å². The van der Waals surface area contributed by atoms with E-state index in [4.69, 9.17) is 0 Å². The molecule has 1 fully saturated rings. The van der Waals surface area contributed by atoms with Gasteiger partial charge in [0.15, 0.2) is 5.78 Å². The van der Waals surface area contributed by atoms with E-state index in [2.05, 4.69) is 9.64 Å². The fourth-order valence-electron chi connectivity index (χ4n) is 2.17. The number of benzene rings is 1. The maximum absolute atomic E-state index is 12.2. The van der Waals surface area contributed by atoms with Gasteiger partial charge in [-0.1, -0.05) is 12.1 Å². The molecule has 1 aromatic carbocycles. The van der Waals surface area contributed by atoms with Gasteiger partial charge in [-0.05, 0) is 19.2 Å². The van der Waals surface area contributed by atoms with Crippen LogP contribution in [0, 0.1) is 0 Å². The van der Waals surface area contributed by atoms with E-state index < -0.39 is 6.36 Å². The molecule has 1 heterocycles. The second kappa shape index (κ2) is 6.44. The van der Waals surface area contributed by atoms with Crippen molar-refractivity contribution >= 4 is 5.78 Å². The minimum Gasteiger partial charge on any atom is -0.406 e. The Morgan fingerprint density at radius 2 is 1.90 bits per heavy atom. The third-order valence-electron chi connectivity index (χ3n) is 3.35. The summed E-state index contributed by atoms with van der Waals surface area (Å²) in [5.41, 5.74) is 0.232. The molecule has 21 heavy (non-hydrogen) atoms. The van der Waals surface area contributed by atoms with E-state index in [0.717, 1.165) is 32.2 Å². The molecule has 0 bridgehead atoms. The summed E-state index contributed by atoms with van der Waals surface area (Å²) < 4.78 is 40.3. The predicted octanol–water partition coefficient (Wildman–Crippen LogP) is 2.02.